The van der Waals surface area contributed by atoms with Gasteiger partial charge in [0.2, 0.25) is 0 Å². The maximum absolute atomic E-state index is 5.56. The van der Waals surface area contributed by atoms with E-state index in [2.05, 4.69) is 15.3 Å². The van der Waals surface area contributed by atoms with Crippen LogP contribution in [0.5, 0.6) is 0 Å². The van der Waals surface area contributed by atoms with Crippen molar-refractivity contribution >= 4 is 17.2 Å². The van der Waals surface area contributed by atoms with E-state index in [1.54, 1.807) is 18.6 Å². The molecule has 70 valence electrons. The van der Waals surface area contributed by atoms with Crippen LogP contribution in [-0.4, -0.2) is 9.97 Å². The summed E-state index contributed by atoms with van der Waals surface area (Å²) in [6.07, 6.45) is 4.93. The SMILES string of the molecule is Nc1ccc(Nc2cnccn2)cc1. The number of aromatic nitrogens is 2. The molecule has 14 heavy (non-hydrogen) atoms. The molecule has 0 saturated carbocycles. The van der Waals surface area contributed by atoms with Gasteiger partial charge in [-0.15, -0.1) is 0 Å². The van der Waals surface area contributed by atoms with Crippen molar-refractivity contribution in [2.75, 3.05) is 11.1 Å². The van der Waals surface area contributed by atoms with E-state index in [9.17, 15) is 0 Å². The number of nitrogen functional groups attached to an aromatic ring is 1. The first-order valence-electron chi connectivity index (χ1n) is 4.23. The fourth-order valence-electron chi connectivity index (χ4n) is 1.08. The predicted octanol–water partition coefficient (Wildman–Crippen LogP) is 1.80. The Labute approximate surface area is 81.8 Å². The van der Waals surface area contributed by atoms with E-state index >= 15 is 0 Å². The van der Waals surface area contributed by atoms with Gasteiger partial charge in [-0.25, -0.2) is 4.98 Å². The molecule has 2 aromatic rings. The van der Waals surface area contributed by atoms with Crippen LogP contribution in [0.1, 0.15) is 0 Å². The fourth-order valence-corrected chi connectivity index (χ4v) is 1.08. The summed E-state index contributed by atoms with van der Waals surface area (Å²) in [5.41, 5.74) is 7.25. The van der Waals surface area contributed by atoms with Crippen molar-refractivity contribution in [1.82, 2.24) is 9.97 Å². The van der Waals surface area contributed by atoms with Crippen LogP contribution < -0.4 is 11.1 Å². The van der Waals surface area contributed by atoms with Gasteiger partial charge in [-0.3, -0.25) is 4.98 Å². The third kappa shape index (κ3) is 1.98. The first-order chi connectivity index (χ1) is 6.84. The molecule has 0 aliphatic heterocycles. The van der Waals surface area contributed by atoms with Crippen molar-refractivity contribution < 1.29 is 0 Å². The molecule has 2 rings (SSSR count). The lowest BCUT2D eigenvalue weighted by Gasteiger charge is -2.04. The molecule has 0 fully saturated rings. The summed E-state index contributed by atoms with van der Waals surface area (Å²) in [5, 5.41) is 3.10. The van der Waals surface area contributed by atoms with E-state index in [0.717, 1.165) is 17.2 Å². The zero-order valence-corrected chi connectivity index (χ0v) is 7.51. The molecule has 0 radical (unpaired) electrons. The van der Waals surface area contributed by atoms with Crippen LogP contribution in [-0.2, 0) is 0 Å². The summed E-state index contributed by atoms with van der Waals surface area (Å²) in [6.45, 7) is 0. The van der Waals surface area contributed by atoms with E-state index in [1.165, 1.54) is 0 Å². The van der Waals surface area contributed by atoms with Crippen molar-refractivity contribution in [3.63, 3.8) is 0 Å². The molecule has 0 saturated heterocycles. The number of nitrogens with zero attached hydrogens (tertiary/aromatic N) is 2. The van der Waals surface area contributed by atoms with Gasteiger partial charge in [0.05, 0.1) is 6.20 Å². The normalized spacial score (nSPS) is 9.71. The van der Waals surface area contributed by atoms with Crippen molar-refractivity contribution in [3.05, 3.63) is 42.9 Å². The van der Waals surface area contributed by atoms with Gasteiger partial charge in [-0.1, -0.05) is 0 Å². The smallest absolute Gasteiger partial charge is 0.148 e. The number of hydrogen-bond acceptors (Lipinski definition) is 4. The van der Waals surface area contributed by atoms with E-state index < -0.39 is 0 Å². The van der Waals surface area contributed by atoms with Gasteiger partial charge in [0.25, 0.3) is 0 Å². The third-order valence-corrected chi connectivity index (χ3v) is 1.75. The molecule has 1 aromatic heterocycles. The van der Waals surface area contributed by atoms with Crippen LogP contribution in [0.25, 0.3) is 0 Å². The Kier molecular flexibility index (Phi) is 2.27. The molecule has 0 bridgehead atoms. The molecule has 0 aliphatic carbocycles. The van der Waals surface area contributed by atoms with Crippen molar-refractivity contribution in [3.8, 4) is 0 Å². The number of benzene rings is 1. The van der Waals surface area contributed by atoms with Crippen LogP contribution in [0.4, 0.5) is 17.2 Å². The Morgan fingerprint density at radius 3 is 2.50 bits per heavy atom. The van der Waals surface area contributed by atoms with Gasteiger partial charge in [-0.2, -0.15) is 0 Å². The summed E-state index contributed by atoms with van der Waals surface area (Å²) in [7, 11) is 0. The minimum atomic E-state index is 0.720. The Hall–Kier alpha value is -2.10. The summed E-state index contributed by atoms with van der Waals surface area (Å²) < 4.78 is 0. The molecule has 0 unspecified atom stereocenters. The average molecular weight is 186 g/mol. The molecule has 0 atom stereocenters. The number of anilines is 3. The molecule has 3 N–H and O–H groups in total. The molecule has 0 amide bonds. The molecule has 4 heteroatoms. The summed E-state index contributed by atoms with van der Waals surface area (Å²) >= 11 is 0. The molecule has 0 spiro atoms. The van der Waals surface area contributed by atoms with Crippen LogP contribution in [0.15, 0.2) is 42.9 Å². The standard InChI is InChI=1S/C10H10N4/c11-8-1-3-9(4-2-8)14-10-7-12-5-6-13-10/h1-7H,11H2,(H,13,14). The summed E-state index contributed by atoms with van der Waals surface area (Å²) in [6, 6.07) is 7.45. The van der Waals surface area contributed by atoms with Gasteiger partial charge in [0, 0.05) is 23.8 Å². The molecule has 0 aliphatic rings. The Bertz CT molecular complexity index is 396. The monoisotopic (exact) mass is 186 g/mol. The predicted molar refractivity (Wildman–Crippen MR) is 56.2 cm³/mol. The van der Waals surface area contributed by atoms with E-state index in [-0.39, 0.29) is 0 Å². The van der Waals surface area contributed by atoms with Crippen LogP contribution in [0.3, 0.4) is 0 Å². The first kappa shape index (κ1) is 8.50. The highest BCUT2D eigenvalue weighted by molar-refractivity contribution is 5.58. The Morgan fingerprint density at radius 2 is 1.86 bits per heavy atom. The zero-order chi connectivity index (χ0) is 9.80. The second-order valence-corrected chi connectivity index (χ2v) is 2.84. The van der Waals surface area contributed by atoms with Crippen molar-refractivity contribution in [1.29, 1.82) is 0 Å². The zero-order valence-electron chi connectivity index (χ0n) is 7.51. The quantitative estimate of drug-likeness (QED) is 0.702. The fraction of sp³-hybridized carbons (Fsp3) is 0. The van der Waals surface area contributed by atoms with Crippen molar-refractivity contribution in [2.45, 2.75) is 0 Å². The van der Waals surface area contributed by atoms with Gasteiger partial charge >= 0.3 is 0 Å². The van der Waals surface area contributed by atoms with Crippen LogP contribution in [0, 0.1) is 0 Å². The minimum absolute atomic E-state index is 0.720. The highest BCUT2D eigenvalue weighted by Gasteiger charge is 1.93. The van der Waals surface area contributed by atoms with Gasteiger partial charge in [-0.05, 0) is 24.3 Å². The molecule has 1 heterocycles. The first-order valence-corrected chi connectivity index (χ1v) is 4.23. The van der Waals surface area contributed by atoms with Gasteiger partial charge < -0.3 is 11.1 Å². The second-order valence-electron chi connectivity index (χ2n) is 2.84. The maximum atomic E-state index is 5.56. The summed E-state index contributed by atoms with van der Waals surface area (Å²) in [5.74, 6) is 0.720. The van der Waals surface area contributed by atoms with Crippen molar-refractivity contribution in [2.24, 2.45) is 0 Å². The third-order valence-electron chi connectivity index (χ3n) is 1.75. The van der Waals surface area contributed by atoms with Gasteiger partial charge in [0.15, 0.2) is 0 Å². The van der Waals surface area contributed by atoms with Crippen LogP contribution in [0.2, 0.25) is 0 Å². The Morgan fingerprint density at radius 1 is 1.07 bits per heavy atom. The number of hydrogen-bond donors (Lipinski definition) is 2. The summed E-state index contributed by atoms with van der Waals surface area (Å²) in [4.78, 5) is 8.04. The largest absolute Gasteiger partial charge is 0.399 e. The van der Waals surface area contributed by atoms with E-state index in [4.69, 9.17) is 5.73 Å². The number of nitrogens with two attached hydrogens (primary N) is 1. The lowest BCUT2D eigenvalue weighted by atomic mass is 10.3. The lowest BCUT2D eigenvalue weighted by Crippen LogP contribution is -1.93. The highest BCUT2D eigenvalue weighted by Crippen LogP contribution is 2.14. The van der Waals surface area contributed by atoms with E-state index in [1.807, 2.05) is 24.3 Å². The number of rotatable bonds is 2. The van der Waals surface area contributed by atoms with E-state index in [0.29, 0.717) is 0 Å². The lowest BCUT2D eigenvalue weighted by molar-refractivity contribution is 1.20. The number of nitrogens with one attached hydrogen (secondary N) is 1. The molecular formula is C10H10N4. The molecule has 1 aromatic carbocycles. The minimum Gasteiger partial charge on any atom is -0.399 e. The maximum Gasteiger partial charge on any atom is 0.148 e. The molecule has 4 nitrogen and oxygen atoms in total. The van der Waals surface area contributed by atoms with Gasteiger partial charge in [0.1, 0.15) is 5.82 Å². The highest BCUT2D eigenvalue weighted by atomic mass is 15.0. The topological polar surface area (TPSA) is 63.8 Å². The van der Waals surface area contributed by atoms with Crippen LogP contribution >= 0.6 is 0 Å². The average Bonchev–Trinajstić information content (AvgIpc) is 2.23. The Balaban J connectivity index is 2.16. The second kappa shape index (κ2) is 3.74. The molecular weight excluding hydrogens is 176 g/mol.